The fraction of sp³-hybridized carbons (Fsp3) is 0.346. The van der Waals surface area contributed by atoms with Crippen molar-refractivity contribution >= 4 is 44.7 Å². The second-order valence-corrected chi connectivity index (χ2v) is 16.1. The van der Waals surface area contributed by atoms with Crippen molar-refractivity contribution in [1.82, 2.24) is 20.4 Å². The van der Waals surface area contributed by atoms with Crippen LogP contribution in [0.1, 0.15) is 46.4 Å². The quantitative estimate of drug-likeness (QED) is 0.0942. The Morgan fingerprint density at radius 3 is 1.23 bits per heavy atom. The van der Waals surface area contributed by atoms with E-state index in [9.17, 15) is 9.59 Å². The Labute approximate surface area is 367 Å². The number of rotatable bonds is 16. The van der Waals surface area contributed by atoms with E-state index in [0.29, 0.717) is 13.1 Å². The summed E-state index contributed by atoms with van der Waals surface area (Å²) in [6, 6.07) is 44.4. The Bertz CT molecular complexity index is 2190. The van der Waals surface area contributed by atoms with Crippen LogP contribution in [-0.4, -0.2) is 114 Å². The second-order valence-electron chi connectivity index (χ2n) is 16.1. The van der Waals surface area contributed by atoms with E-state index in [1.165, 1.54) is 11.4 Å². The third-order valence-electron chi connectivity index (χ3n) is 12.0. The highest BCUT2D eigenvalue weighted by molar-refractivity contribution is 5.99. The maximum Gasteiger partial charge on any atom is 0.251 e. The normalized spacial score (nSPS) is 14.5. The summed E-state index contributed by atoms with van der Waals surface area (Å²) in [4.78, 5) is 34.7. The van der Waals surface area contributed by atoms with Crippen LogP contribution in [0.4, 0.5) is 11.4 Å². The number of amides is 2. The smallest absolute Gasteiger partial charge is 0.251 e. The van der Waals surface area contributed by atoms with Crippen molar-refractivity contribution < 1.29 is 19.1 Å². The van der Waals surface area contributed by atoms with Crippen LogP contribution < -0.4 is 29.9 Å². The van der Waals surface area contributed by atoms with Gasteiger partial charge in [-0.3, -0.25) is 19.4 Å². The van der Waals surface area contributed by atoms with Gasteiger partial charge in [0.1, 0.15) is 11.5 Å². The van der Waals surface area contributed by atoms with Gasteiger partial charge in [-0.2, -0.15) is 0 Å². The average molecular weight is 835 g/mol. The molecule has 62 heavy (non-hydrogen) atoms. The van der Waals surface area contributed by atoms with Gasteiger partial charge in [0.15, 0.2) is 0 Å². The Balaban J connectivity index is 0.000000186. The molecule has 2 aliphatic heterocycles. The van der Waals surface area contributed by atoms with Crippen LogP contribution in [0.5, 0.6) is 11.5 Å². The highest BCUT2D eigenvalue weighted by Gasteiger charge is 2.20. The number of fused-ring (bicyclic) bond motifs is 2. The van der Waals surface area contributed by atoms with Crippen LogP contribution in [0.3, 0.4) is 0 Å². The number of nitrogens with one attached hydrogen (secondary N) is 2. The van der Waals surface area contributed by atoms with E-state index in [2.05, 4.69) is 66.6 Å². The van der Waals surface area contributed by atoms with Gasteiger partial charge in [-0.25, -0.2) is 0 Å². The number of hydrogen-bond donors (Lipinski definition) is 2. The molecule has 6 aromatic rings. The van der Waals surface area contributed by atoms with Crippen LogP contribution in [0, 0.1) is 0 Å². The molecule has 8 rings (SSSR count). The van der Waals surface area contributed by atoms with E-state index in [4.69, 9.17) is 9.47 Å². The third-order valence-corrected chi connectivity index (χ3v) is 12.0. The number of methoxy groups -OCH3 is 2. The zero-order valence-corrected chi connectivity index (χ0v) is 36.4. The van der Waals surface area contributed by atoms with Gasteiger partial charge in [0.05, 0.1) is 25.6 Å². The second kappa shape index (κ2) is 22.7. The van der Waals surface area contributed by atoms with Crippen molar-refractivity contribution in [2.75, 3.05) is 103 Å². The zero-order chi connectivity index (χ0) is 42.9. The van der Waals surface area contributed by atoms with E-state index in [0.717, 1.165) is 135 Å². The SMILES string of the molecule is COc1ccccc1N1CCN(CCCCNC(=O)c2ccc3ccccc3c2)CC1.COc1ccccc1N1CCN(CCCCNC(=O)c2ccc3ccccc3c2)CC1. The number of hydrogen-bond acceptors (Lipinski definition) is 8. The molecule has 2 N–H and O–H groups in total. The summed E-state index contributed by atoms with van der Waals surface area (Å²) >= 11 is 0. The Morgan fingerprint density at radius 2 is 0.823 bits per heavy atom. The molecule has 324 valence electrons. The first-order valence-corrected chi connectivity index (χ1v) is 22.2. The standard InChI is InChI=1S/2C26H31N3O2/c2*1-31-25-11-5-4-10-24(25)29-18-16-28(17-19-29)15-7-6-14-27-26(30)23-13-12-21-8-2-3-9-22(21)20-23/h2*2-5,8-13,20H,6-7,14-19H2,1H3,(H,27,30). The number of benzene rings is 6. The molecule has 0 aromatic heterocycles. The van der Waals surface area contributed by atoms with E-state index in [1.807, 2.05) is 97.1 Å². The van der Waals surface area contributed by atoms with Crippen LogP contribution in [0.2, 0.25) is 0 Å². The fourth-order valence-electron chi connectivity index (χ4n) is 8.40. The number of piperazine rings is 2. The van der Waals surface area contributed by atoms with E-state index < -0.39 is 0 Å². The maximum absolute atomic E-state index is 12.4. The minimum atomic E-state index is 0.0103. The minimum Gasteiger partial charge on any atom is -0.495 e. The first kappa shape index (κ1) is 44.0. The van der Waals surface area contributed by atoms with Crippen molar-refractivity contribution in [3.63, 3.8) is 0 Å². The van der Waals surface area contributed by atoms with Gasteiger partial charge in [0.25, 0.3) is 11.8 Å². The predicted octanol–water partition coefficient (Wildman–Crippen LogP) is 8.36. The molecule has 0 radical (unpaired) electrons. The summed E-state index contributed by atoms with van der Waals surface area (Å²) in [5.74, 6) is 1.91. The van der Waals surface area contributed by atoms with Crippen LogP contribution in [0.15, 0.2) is 133 Å². The van der Waals surface area contributed by atoms with E-state index in [-0.39, 0.29) is 11.8 Å². The predicted molar refractivity (Wildman–Crippen MR) is 254 cm³/mol. The molecule has 2 amide bonds. The van der Waals surface area contributed by atoms with E-state index >= 15 is 0 Å². The molecule has 2 fully saturated rings. The van der Waals surface area contributed by atoms with Crippen LogP contribution in [-0.2, 0) is 0 Å². The Kier molecular flexibility index (Phi) is 16.1. The van der Waals surface area contributed by atoms with Crippen molar-refractivity contribution in [3.05, 3.63) is 145 Å². The van der Waals surface area contributed by atoms with Gasteiger partial charge in [0.2, 0.25) is 0 Å². The van der Waals surface area contributed by atoms with Gasteiger partial charge in [0, 0.05) is 76.6 Å². The number of nitrogens with zero attached hydrogens (tertiary/aromatic N) is 4. The lowest BCUT2D eigenvalue weighted by Gasteiger charge is -2.36. The number of carbonyl (C=O) groups is 2. The largest absolute Gasteiger partial charge is 0.495 e. The first-order chi connectivity index (χ1) is 30.5. The van der Waals surface area contributed by atoms with Crippen molar-refractivity contribution in [2.45, 2.75) is 25.7 Å². The molecule has 6 aromatic carbocycles. The molecule has 0 atom stereocenters. The summed E-state index contributed by atoms with van der Waals surface area (Å²) in [5, 5.41) is 10.6. The summed E-state index contributed by atoms with van der Waals surface area (Å²) in [5.41, 5.74) is 3.82. The lowest BCUT2D eigenvalue weighted by Crippen LogP contribution is -2.46. The van der Waals surface area contributed by atoms with Crippen LogP contribution >= 0.6 is 0 Å². The van der Waals surface area contributed by atoms with Gasteiger partial charge < -0.3 is 29.9 Å². The topological polar surface area (TPSA) is 89.6 Å². The molecule has 0 bridgehead atoms. The van der Waals surface area contributed by atoms with Crippen LogP contribution in [0.25, 0.3) is 21.5 Å². The third kappa shape index (κ3) is 12.0. The highest BCUT2D eigenvalue weighted by Crippen LogP contribution is 2.29. The molecule has 2 aliphatic rings. The van der Waals surface area contributed by atoms with Crippen molar-refractivity contribution in [1.29, 1.82) is 0 Å². The van der Waals surface area contributed by atoms with Gasteiger partial charge in [-0.15, -0.1) is 0 Å². The Morgan fingerprint density at radius 1 is 0.452 bits per heavy atom. The summed E-state index contributed by atoms with van der Waals surface area (Å²) in [7, 11) is 3.46. The molecule has 2 heterocycles. The summed E-state index contributed by atoms with van der Waals surface area (Å²) in [6.45, 7) is 11.9. The van der Waals surface area contributed by atoms with E-state index in [1.54, 1.807) is 14.2 Å². The molecule has 0 saturated carbocycles. The van der Waals surface area contributed by atoms with Crippen molar-refractivity contribution in [3.8, 4) is 11.5 Å². The maximum atomic E-state index is 12.4. The number of carbonyl (C=O) groups excluding carboxylic acids is 2. The van der Waals surface area contributed by atoms with Crippen molar-refractivity contribution in [2.24, 2.45) is 0 Å². The molecule has 0 spiro atoms. The molecule has 0 unspecified atom stereocenters. The summed E-state index contributed by atoms with van der Waals surface area (Å²) < 4.78 is 11.0. The molecule has 10 heteroatoms. The lowest BCUT2D eigenvalue weighted by molar-refractivity contribution is 0.0944. The molecule has 0 aliphatic carbocycles. The number of para-hydroxylation sites is 4. The number of unbranched alkanes of at least 4 members (excludes halogenated alkanes) is 2. The Hall–Kier alpha value is -6.10. The molecule has 2 saturated heterocycles. The minimum absolute atomic E-state index is 0.0103. The molecular formula is C52H62N6O4. The highest BCUT2D eigenvalue weighted by atomic mass is 16.5. The summed E-state index contributed by atoms with van der Waals surface area (Å²) in [6.07, 6.45) is 4.16. The van der Waals surface area contributed by atoms with Gasteiger partial charge >= 0.3 is 0 Å². The zero-order valence-electron chi connectivity index (χ0n) is 36.4. The monoisotopic (exact) mass is 834 g/mol. The molecule has 10 nitrogen and oxygen atoms in total. The van der Waals surface area contributed by atoms with Gasteiger partial charge in [-0.1, -0.05) is 84.9 Å². The van der Waals surface area contributed by atoms with Gasteiger partial charge in [-0.05, 0) is 109 Å². The fourth-order valence-corrected chi connectivity index (χ4v) is 8.40. The first-order valence-electron chi connectivity index (χ1n) is 22.2. The molecular weight excluding hydrogens is 773 g/mol. The average Bonchev–Trinajstić information content (AvgIpc) is 3.34. The lowest BCUT2D eigenvalue weighted by atomic mass is 10.1. The number of ether oxygens (including phenoxy) is 2. The number of anilines is 2.